The van der Waals surface area contributed by atoms with E-state index in [0.29, 0.717) is 25.7 Å². The number of fused-ring (bicyclic) bond motifs is 1. The van der Waals surface area contributed by atoms with E-state index in [0.717, 1.165) is 31.3 Å². The molecule has 0 radical (unpaired) electrons. The molecular weight excluding hydrogens is 316 g/mol. The Bertz CT molecular complexity index is 626. The van der Waals surface area contributed by atoms with Gasteiger partial charge in [0.2, 0.25) is 0 Å². The summed E-state index contributed by atoms with van der Waals surface area (Å²) in [5.41, 5.74) is 1.05. The molecular formula is C21H28O4. The first kappa shape index (κ1) is 19.4. The van der Waals surface area contributed by atoms with Gasteiger partial charge in [-0.25, -0.2) is 0 Å². The average molecular weight is 344 g/mol. The van der Waals surface area contributed by atoms with Crippen LogP contribution in [0.4, 0.5) is 0 Å². The van der Waals surface area contributed by atoms with E-state index >= 15 is 0 Å². The van der Waals surface area contributed by atoms with E-state index in [-0.39, 0.29) is 17.5 Å². The van der Waals surface area contributed by atoms with E-state index in [4.69, 9.17) is 4.74 Å². The molecule has 2 aliphatic rings. The Morgan fingerprint density at radius 2 is 1.88 bits per heavy atom. The molecule has 0 heterocycles. The summed E-state index contributed by atoms with van der Waals surface area (Å²) in [5.74, 6) is -0.863. The van der Waals surface area contributed by atoms with Crippen LogP contribution >= 0.6 is 0 Å². The van der Waals surface area contributed by atoms with Gasteiger partial charge < -0.3 is 4.74 Å². The van der Waals surface area contributed by atoms with Gasteiger partial charge in [0.05, 0.1) is 7.11 Å². The zero-order chi connectivity index (χ0) is 18.4. The lowest BCUT2D eigenvalue weighted by atomic mass is 9.74. The van der Waals surface area contributed by atoms with Crippen LogP contribution in [0.5, 0.6) is 0 Å². The molecule has 25 heavy (non-hydrogen) atoms. The van der Waals surface area contributed by atoms with Gasteiger partial charge in [-0.05, 0) is 57.4 Å². The van der Waals surface area contributed by atoms with Crippen molar-refractivity contribution in [2.75, 3.05) is 7.11 Å². The molecule has 0 aromatic carbocycles. The van der Waals surface area contributed by atoms with Gasteiger partial charge in [0.25, 0.3) is 0 Å². The maximum Gasteiger partial charge on any atom is 0.323 e. The molecule has 0 spiro atoms. The first-order valence-electron chi connectivity index (χ1n) is 9.06. The number of ketones is 2. The second kappa shape index (κ2) is 8.41. The normalized spacial score (nSPS) is 32.3. The zero-order valence-corrected chi connectivity index (χ0v) is 15.3. The fraction of sp³-hybridized carbons (Fsp3) is 0.571. The summed E-state index contributed by atoms with van der Waals surface area (Å²) in [7, 11) is 1.30. The highest BCUT2D eigenvalue weighted by Crippen LogP contribution is 2.45. The molecule has 0 bridgehead atoms. The maximum atomic E-state index is 12.6. The lowest BCUT2D eigenvalue weighted by Gasteiger charge is -2.28. The topological polar surface area (TPSA) is 60.4 Å². The van der Waals surface area contributed by atoms with Crippen LogP contribution in [0.1, 0.15) is 58.3 Å². The number of carbonyl (C=O) groups is 3. The van der Waals surface area contributed by atoms with Crippen LogP contribution in [0.2, 0.25) is 0 Å². The van der Waals surface area contributed by atoms with Crippen molar-refractivity contribution in [2.45, 2.75) is 58.3 Å². The third-order valence-electron chi connectivity index (χ3n) is 5.49. The number of carbonyl (C=O) groups excluding carboxylic acids is 3. The minimum atomic E-state index is -1.30. The smallest absolute Gasteiger partial charge is 0.323 e. The van der Waals surface area contributed by atoms with Gasteiger partial charge in [0, 0.05) is 12.8 Å². The van der Waals surface area contributed by atoms with Gasteiger partial charge in [-0.15, -0.1) is 0 Å². The Kier molecular flexibility index (Phi) is 6.51. The molecule has 2 atom stereocenters. The Morgan fingerprint density at radius 1 is 1.16 bits per heavy atom. The SMILES string of the molecule is C=C1CCC(=O)/C=C/[C@@]2(C(=O)OC)C(=O)CC[C@@H]2CC/C=C(\C)CC1. The number of hydrogen-bond acceptors (Lipinski definition) is 4. The number of hydrogen-bond donors (Lipinski definition) is 0. The highest BCUT2D eigenvalue weighted by Gasteiger charge is 2.54. The Morgan fingerprint density at radius 3 is 2.60 bits per heavy atom. The first-order valence-corrected chi connectivity index (χ1v) is 9.06. The quantitative estimate of drug-likeness (QED) is 0.408. The first-order chi connectivity index (χ1) is 11.9. The van der Waals surface area contributed by atoms with Gasteiger partial charge >= 0.3 is 5.97 Å². The Balaban J connectivity index is 2.36. The summed E-state index contributed by atoms with van der Waals surface area (Å²) < 4.78 is 4.96. The van der Waals surface area contributed by atoms with Crippen LogP contribution in [0, 0.1) is 11.3 Å². The average Bonchev–Trinajstić information content (AvgIpc) is 2.91. The molecule has 0 aliphatic heterocycles. The molecule has 2 rings (SSSR count). The van der Waals surface area contributed by atoms with Gasteiger partial charge in [-0.2, -0.15) is 0 Å². The third kappa shape index (κ3) is 4.36. The highest BCUT2D eigenvalue weighted by molar-refractivity contribution is 6.08. The minimum Gasteiger partial charge on any atom is -0.468 e. The number of Topliss-reactive ketones (excluding diaryl/α,β-unsaturated/α-hetero) is 1. The van der Waals surface area contributed by atoms with Crippen molar-refractivity contribution in [1.82, 2.24) is 0 Å². The number of rotatable bonds is 1. The number of esters is 1. The van der Waals surface area contributed by atoms with Crippen LogP contribution in [0.15, 0.2) is 36.0 Å². The summed E-state index contributed by atoms with van der Waals surface area (Å²) in [5, 5.41) is 0. The molecule has 0 unspecified atom stereocenters. The van der Waals surface area contributed by atoms with Crippen molar-refractivity contribution >= 4 is 17.5 Å². The van der Waals surface area contributed by atoms with Crippen molar-refractivity contribution in [3.8, 4) is 0 Å². The molecule has 0 amide bonds. The van der Waals surface area contributed by atoms with Crippen molar-refractivity contribution in [1.29, 1.82) is 0 Å². The fourth-order valence-corrected chi connectivity index (χ4v) is 3.83. The Hall–Kier alpha value is -1.97. The summed E-state index contributed by atoms with van der Waals surface area (Å²) >= 11 is 0. The van der Waals surface area contributed by atoms with E-state index in [1.54, 1.807) is 0 Å². The standard InChI is InChI=1S/C21H28O4/c1-15-5-4-6-17-10-12-19(23)21(17,20(24)25-3)14-13-18(22)11-9-16(2)8-7-15/h5,13-14,17H,2,4,6-12H2,1,3H3/b14-13+,15-5+/t17-,21-/m0/s1. The Labute approximate surface area is 150 Å². The van der Waals surface area contributed by atoms with Crippen molar-refractivity contribution in [3.63, 3.8) is 0 Å². The predicted molar refractivity (Wildman–Crippen MR) is 96.9 cm³/mol. The molecule has 0 aromatic rings. The van der Waals surface area contributed by atoms with E-state index < -0.39 is 11.4 Å². The van der Waals surface area contributed by atoms with Gasteiger partial charge in [0.15, 0.2) is 11.6 Å². The molecule has 4 nitrogen and oxygen atoms in total. The lowest BCUT2D eigenvalue weighted by Crippen LogP contribution is -2.40. The molecule has 136 valence electrons. The van der Waals surface area contributed by atoms with Crippen molar-refractivity contribution < 1.29 is 19.1 Å². The van der Waals surface area contributed by atoms with Gasteiger partial charge in [0.1, 0.15) is 5.41 Å². The summed E-state index contributed by atoms with van der Waals surface area (Å²) in [6.45, 7) is 6.14. The second-order valence-corrected chi connectivity index (χ2v) is 7.20. The predicted octanol–water partition coefficient (Wildman–Crippen LogP) is 4.11. The third-order valence-corrected chi connectivity index (χ3v) is 5.49. The summed E-state index contributed by atoms with van der Waals surface area (Å²) in [4.78, 5) is 37.3. The lowest BCUT2D eigenvalue weighted by molar-refractivity contribution is -0.155. The van der Waals surface area contributed by atoms with Crippen LogP contribution in [-0.4, -0.2) is 24.6 Å². The molecule has 0 N–H and O–H groups in total. The van der Waals surface area contributed by atoms with E-state index in [9.17, 15) is 14.4 Å². The monoisotopic (exact) mass is 344 g/mol. The molecule has 4 heteroatoms. The number of ether oxygens (including phenoxy) is 1. The van der Waals surface area contributed by atoms with E-state index in [1.165, 1.54) is 24.8 Å². The number of methoxy groups -OCH3 is 1. The minimum absolute atomic E-state index is 0.0767. The molecule has 1 fully saturated rings. The van der Waals surface area contributed by atoms with Crippen LogP contribution < -0.4 is 0 Å². The van der Waals surface area contributed by atoms with Gasteiger partial charge in [-0.1, -0.05) is 29.9 Å². The number of allylic oxidation sites excluding steroid dienone is 4. The summed E-state index contributed by atoms with van der Waals surface area (Å²) in [6.07, 6.45) is 10.5. The second-order valence-electron chi connectivity index (χ2n) is 7.20. The van der Waals surface area contributed by atoms with Gasteiger partial charge in [-0.3, -0.25) is 14.4 Å². The van der Waals surface area contributed by atoms with Crippen molar-refractivity contribution in [2.24, 2.45) is 11.3 Å². The largest absolute Gasteiger partial charge is 0.468 e. The molecule has 0 aromatic heterocycles. The van der Waals surface area contributed by atoms with Crippen LogP contribution in [-0.2, 0) is 19.1 Å². The highest BCUT2D eigenvalue weighted by atomic mass is 16.5. The molecule has 1 saturated carbocycles. The van der Waals surface area contributed by atoms with Crippen LogP contribution in [0.25, 0.3) is 0 Å². The van der Waals surface area contributed by atoms with E-state index in [1.807, 2.05) is 0 Å². The maximum absolute atomic E-state index is 12.6. The van der Waals surface area contributed by atoms with Crippen LogP contribution in [0.3, 0.4) is 0 Å². The summed E-state index contributed by atoms with van der Waals surface area (Å²) in [6, 6.07) is 0. The molecule has 0 saturated heterocycles. The van der Waals surface area contributed by atoms with E-state index in [2.05, 4.69) is 19.6 Å². The molecule has 2 aliphatic carbocycles. The fourth-order valence-electron chi connectivity index (χ4n) is 3.83. The zero-order valence-electron chi connectivity index (χ0n) is 15.3. The van der Waals surface area contributed by atoms with Crippen molar-refractivity contribution in [3.05, 3.63) is 36.0 Å².